The number of allylic oxidation sites excluding steroid dienone is 1. The molecule has 2 atom stereocenters. The van der Waals surface area contributed by atoms with E-state index in [1.54, 1.807) is 24.3 Å². The van der Waals surface area contributed by atoms with Crippen molar-refractivity contribution in [2.24, 2.45) is 5.92 Å². The zero-order valence-corrected chi connectivity index (χ0v) is 20.1. The molecule has 2 amide bonds. The fraction of sp³-hybridized carbons (Fsp3) is 0.280. The van der Waals surface area contributed by atoms with E-state index in [2.05, 4.69) is 16.7 Å². The summed E-state index contributed by atoms with van der Waals surface area (Å²) in [6.45, 7) is 3.80. The highest BCUT2D eigenvalue weighted by Crippen LogP contribution is 2.43. The van der Waals surface area contributed by atoms with Crippen LogP contribution in [0.2, 0.25) is 0 Å². The second kappa shape index (κ2) is 10.9. The Kier molecular flexibility index (Phi) is 7.97. The van der Waals surface area contributed by atoms with Gasteiger partial charge in [0.25, 0.3) is 0 Å². The second-order valence-electron chi connectivity index (χ2n) is 7.67. The number of hydrogen-bond donors (Lipinski definition) is 2. The lowest BCUT2D eigenvalue weighted by Crippen LogP contribution is -2.44. The zero-order valence-electron chi connectivity index (χ0n) is 19.3. The van der Waals surface area contributed by atoms with Gasteiger partial charge in [0, 0.05) is 17.2 Å². The van der Waals surface area contributed by atoms with E-state index in [1.807, 2.05) is 32.0 Å². The van der Waals surface area contributed by atoms with Gasteiger partial charge in [0.2, 0.25) is 11.8 Å². The van der Waals surface area contributed by atoms with Crippen LogP contribution >= 0.6 is 11.8 Å². The molecule has 9 heteroatoms. The highest BCUT2D eigenvalue weighted by Gasteiger charge is 2.45. The lowest BCUT2D eigenvalue weighted by atomic mass is 9.78. The van der Waals surface area contributed by atoms with Crippen molar-refractivity contribution < 1.29 is 23.9 Å². The molecule has 2 aromatic rings. The number of methoxy groups -OCH3 is 2. The molecule has 0 unspecified atom stereocenters. The monoisotopic (exact) mass is 479 g/mol. The SMILES string of the molecule is COC(=O)[C@@H]1C(=O)NC(SCC(=O)Nc2c(C)cccc2C)=C(C#N)[C@@H]1c1ccccc1OC. The quantitative estimate of drug-likeness (QED) is 0.461. The van der Waals surface area contributed by atoms with Crippen molar-refractivity contribution in [3.63, 3.8) is 0 Å². The molecule has 8 nitrogen and oxygen atoms in total. The van der Waals surface area contributed by atoms with Crippen molar-refractivity contribution >= 4 is 35.2 Å². The number of rotatable bonds is 7. The highest BCUT2D eigenvalue weighted by molar-refractivity contribution is 8.03. The number of anilines is 1. The molecule has 1 aliphatic rings. The number of nitrogens with zero attached hydrogens (tertiary/aromatic N) is 1. The third-order valence-corrected chi connectivity index (χ3v) is 6.57. The molecule has 2 aromatic carbocycles. The molecule has 1 aliphatic heterocycles. The Hall–Kier alpha value is -3.77. The normalized spacial score (nSPS) is 17.4. The molecule has 1 heterocycles. The summed E-state index contributed by atoms with van der Waals surface area (Å²) in [5, 5.41) is 15.8. The molecule has 0 bridgehead atoms. The summed E-state index contributed by atoms with van der Waals surface area (Å²) < 4.78 is 10.3. The van der Waals surface area contributed by atoms with Crippen LogP contribution in [0.5, 0.6) is 5.75 Å². The first-order valence-electron chi connectivity index (χ1n) is 10.5. The number of carbonyl (C=O) groups excluding carboxylic acids is 3. The maximum absolute atomic E-state index is 13.0. The predicted octanol–water partition coefficient (Wildman–Crippen LogP) is 3.42. The van der Waals surface area contributed by atoms with Gasteiger partial charge in [-0.2, -0.15) is 5.26 Å². The van der Waals surface area contributed by atoms with Gasteiger partial charge in [-0.05, 0) is 31.0 Å². The van der Waals surface area contributed by atoms with Gasteiger partial charge in [0.1, 0.15) is 11.7 Å². The molecule has 0 fully saturated rings. The number of benzene rings is 2. The summed E-state index contributed by atoms with van der Waals surface area (Å²) in [6.07, 6.45) is 0. The van der Waals surface area contributed by atoms with Crippen LogP contribution in [0.4, 0.5) is 5.69 Å². The summed E-state index contributed by atoms with van der Waals surface area (Å²) in [5.74, 6) is -3.48. The molecule has 3 rings (SSSR count). The number of para-hydroxylation sites is 2. The van der Waals surface area contributed by atoms with E-state index in [1.165, 1.54) is 14.2 Å². The van der Waals surface area contributed by atoms with Crippen molar-refractivity contribution in [3.8, 4) is 11.8 Å². The minimum absolute atomic E-state index is 0.0455. The number of aryl methyl sites for hydroxylation is 2. The maximum atomic E-state index is 13.0. The van der Waals surface area contributed by atoms with Gasteiger partial charge in [-0.25, -0.2) is 0 Å². The Bertz CT molecular complexity index is 1180. The Morgan fingerprint density at radius 3 is 2.41 bits per heavy atom. The van der Waals surface area contributed by atoms with Crippen LogP contribution in [0.1, 0.15) is 22.6 Å². The van der Waals surface area contributed by atoms with E-state index < -0.39 is 23.7 Å². The van der Waals surface area contributed by atoms with E-state index in [9.17, 15) is 19.6 Å². The lowest BCUT2D eigenvalue weighted by molar-refractivity contribution is -0.150. The fourth-order valence-electron chi connectivity index (χ4n) is 3.90. The molecule has 0 saturated heterocycles. The number of nitriles is 1. The average molecular weight is 480 g/mol. The zero-order chi connectivity index (χ0) is 24.8. The topological polar surface area (TPSA) is 118 Å². The molecular weight excluding hydrogens is 454 g/mol. The minimum atomic E-state index is -1.27. The third kappa shape index (κ3) is 5.07. The smallest absolute Gasteiger partial charge is 0.319 e. The molecule has 0 aliphatic carbocycles. The van der Waals surface area contributed by atoms with Crippen LogP contribution < -0.4 is 15.4 Å². The summed E-state index contributed by atoms with van der Waals surface area (Å²) in [5.41, 5.74) is 3.25. The van der Waals surface area contributed by atoms with Crippen LogP contribution in [0.15, 0.2) is 53.1 Å². The van der Waals surface area contributed by atoms with E-state index in [0.29, 0.717) is 11.3 Å². The Balaban J connectivity index is 1.95. The van der Waals surface area contributed by atoms with Gasteiger partial charge in [-0.3, -0.25) is 14.4 Å². The van der Waals surface area contributed by atoms with Gasteiger partial charge >= 0.3 is 5.97 Å². The molecule has 0 aromatic heterocycles. The standard InChI is InChI=1S/C25H25N3O5S/c1-14-8-7-9-15(2)22(14)27-19(29)13-34-24-17(12-26)20(16-10-5-6-11-18(16)32-3)21(23(30)28-24)25(31)33-4/h5-11,20-21H,13H2,1-4H3,(H,27,29)(H,28,30)/t20-,21-/m0/s1. The van der Waals surface area contributed by atoms with Gasteiger partial charge in [-0.15, -0.1) is 0 Å². The Morgan fingerprint density at radius 1 is 1.12 bits per heavy atom. The fourth-order valence-corrected chi connectivity index (χ4v) is 4.75. The van der Waals surface area contributed by atoms with Gasteiger partial charge in [0.15, 0.2) is 0 Å². The molecule has 0 spiro atoms. The molecule has 34 heavy (non-hydrogen) atoms. The minimum Gasteiger partial charge on any atom is -0.496 e. The molecule has 0 radical (unpaired) electrons. The Morgan fingerprint density at radius 2 is 1.79 bits per heavy atom. The number of esters is 1. The number of amides is 2. The van der Waals surface area contributed by atoms with Crippen LogP contribution in [-0.4, -0.2) is 37.8 Å². The maximum Gasteiger partial charge on any atom is 0.319 e. The molecule has 0 saturated carbocycles. The lowest BCUT2D eigenvalue weighted by Gasteiger charge is -2.31. The van der Waals surface area contributed by atoms with E-state index in [4.69, 9.17) is 9.47 Å². The largest absolute Gasteiger partial charge is 0.496 e. The summed E-state index contributed by atoms with van der Waals surface area (Å²) in [6, 6.07) is 14.7. The highest BCUT2D eigenvalue weighted by atomic mass is 32.2. The second-order valence-corrected chi connectivity index (χ2v) is 8.65. The number of hydrogen-bond acceptors (Lipinski definition) is 7. The van der Waals surface area contributed by atoms with E-state index >= 15 is 0 Å². The van der Waals surface area contributed by atoms with Crippen LogP contribution in [0, 0.1) is 31.1 Å². The van der Waals surface area contributed by atoms with Gasteiger partial charge in [0.05, 0.1) is 36.6 Å². The molecule has 2 N–H and O–H groups in total. The molecule has 176 valence electrons. The number of ether oxygens (including phenoxy) is 2. The van der Waals surface area contributed by atoms with Crippen LogP contribution in [-0.2, 0) is 19.1 Å². The summed E-state index contributed by atoms with van der Waals surface area (Å²) >= 11 is 1.03. The first-order valence-corrected chi connectivity index (χ1v) is 11.5. The first kappa shape index (κ1) is 24.9. The number of thioether (sulfide) groups is 1. The van der Waals surface area contributed by atoms with Gasteiger partial charge in [-0.1, -0.05) is 48.2 Å². The van der Waals surface area contributed by atoms with Crippen molar-refractivity contribution in [2.45, 2.75) is 19.8 Å². The van der Waals surface area contributed by atoms with Crippen molar-refractivity contribution in [1.29, 1.82) is 5.26 Å². The van der Waals surface area contributed by atoms with Crippen molar-refractivity contribution in [3.05, 3.63) is 69.8 Å². The average Bonchev–Trinajstić information content (AvgIpc) is 2.84. The summed E-state index contributed by atoms with van der Waals surface area (Å²) in [4.78, 5) is 38.2. The van der Waals surface area contributed by atoms with Crippen molar-refractivity contribution in [1.82, 2.24) is 5.32 Å². The van der Waals surface area contributed by atoms with Crippen LogP contribution in [0.3, 0.4) is 0 Å². The Labute approximate surface area is 202 Å². The van der Waals surface area contributed by atoms with Gasteiger partial charge < -0.3 is 20.1 Å². The van der Waals surface area contributed by atoms with E-state index in [-0.39, 0.29) is 22.3 Å². The van der Waals surface area contributed by atoms with Crippen molar-refractivity contribution in [2.75, 3.05) is 25.3 Å². The van der Waals surface area contributed by atoms with Crippen LogP contribution in [0.25, 0.3) is 0 Å². The predicted molar refractivity (Wildman–Crippen MR) is 129 cm³/mol. The first-order chi connectivity index (χ1) is 16.3. The summed E-state index contributed by atoms with van der Waals surface area (Å²) in [7, 11) is 2.66. The number of carbonyl (C=O) groups is 3. The third-order valence-electron chi connectivity index (χ3n) is 5.55. The van der Waals surface area contributed by atoms with E-state index in [0.717, 1.165) is 28.6 Å². The number of nitrogens with one attached hydrogen (secondary N) is 2. The molecular formula is C25H25N3O5S.